The van der Waals surface area contributed by atoms with Crippen LogP contribution in [0.3, 0.4) is 0 Å². The second-order valence-electron chi connectivity index (χ2n) is 5.10. The van der Waals surface area contributed by atoms with E-state index in [0.29, 0.717) is 0 Å². The van der Waals surface area contributed by atoms with Crippen molar-refractivity contribution in [2.45, 2.75) is 45.2 Å². The third-order valence-electron chi connectivity index (χ3n) is 3.75. The van der Waals surface area contributed by atoms with Gasteiger partial charge in [0, 0.05) is 19.1 Å². The van der Waals surface area contributed by atoms with Crippen molar-refractivity contribution in [2.75, 3.05) is 0 Å². The molecule has 1 saturated heterocycles. The molecule has 2 atom stereocenters. The van der Waals surface area contributed by atoms with E-state index in [-0.39, 0.29) is 29.4 Å². The second kappa shape index (κ2) is 4.99. The smallest absolute Gasteiger partial charge is 0.320 e. The summed E-state index contributed by atoms with van der Waals surface area (Å²) in [4.78, 5) is 24.7. The molecule has 0 aliphatic carbocycles. The molecule has 2 rings (SSSR count). The Labute approximate surface area is 111 Å². The maximum atomic E-state index is 12.6. The number of hydrogen-bond acceptors (Lipinski definition) is 4. The highest BCUT2D eigenvalue weighted by Crippen LogP contribution is 2.27. The SMILES string of the molecule is CC1CCCC(C)N1C(=O)c1c([N+](=O)[O-])cnn1C. The van der Waals surface area contributed by atoms with Crippen molar-refractivity contribution >= 4 is 11.6 Å². The molecule has 0 N–H and O–H groups in total. The summed E-state index contributed by atoms with van der Waals surface area (Å²) < 4.78 is 1.29. The van der Waals surface area contributed by atoms with Gasteiger partial charge in [0.25, 0.3) is 5.91 Å². The van der Waals surface area contributed by atoms with Gasteiger partial charge in [-0.2, -0.15) is 5.10 Å². The summed E-state index contributed by atoms with van der Waals surface area (Å²) >= 11 is 0. The highest BCUT2D eigenvalue weighted by Gasteiger charge is 2.35. The van der Waals surface area contributed by atoms with Crippen molar-refractivity contribution in [1.82, 2.24) is 14.7 Å². The van der Waals surface area contributed by atoms with Crippen LogP contribution in [-0.4, -0.2) is 37.6 Å². The zero-order valence-electron chi connectivity index (χ0n) is 11.4. The first-order valence-electron chi connectivity index (χ1n) is 6.42. The number of piperidine rings is 1. The van der Waals surface area contributed by atoms with Crippen molar-refractivity contribution in [3.8, 4) is 0 Å². The van der Waals surface area contributed by atoms with E-state index in [0.717, 1.165) is 25.5 Å². The molecule has 104 valence electrons. The lowest BCUT2D eigenvalue weighted by molar-refractivity contribution is -0.385. The van der Waals surface area contributed by atoms with E-state index in [1.54, 1.807) is 11.9 Å². The summed E-state index contributed by atoms with van der Waals surface area (Å²) in [7, 11) is 1.56. The zero-order valence-corrected chi connectivity index (χ0v) is 11.4. The highest BCUT2D eigenvalue weighted by atomic mass is 16.6. The predicted molar refractivity (Wildman–Crippen MR) is 68.8 cm³/mol. The van der Waals surface area contributed by atoms with Gasteiger partial charge in [0.2, 0.25) is 5.69 Å². The number of carbonyl (C=O) groups excluding carboxylic acids is 1. The van der Waals surface area contributed by atoms with Gasteiger partial charge in [-0.15, -0.1) is 0 Å². The number of carbonyl (C=O) groups is 1. The maximum absolute atomic E-state index is 12.6. The minimum atomic E-state index is -0.556. The molecular weight excluding hydrogens is 248 g/mol. The number of hydrogen-bond donors (Lipinski definition) is 0. The van der Waals surface area contributed by atoms with Gasteiger partial charge in [0.05, 0.1) is 4.92 Å². The molecule has 19 heavy (non-hydrogen) atoms. The topological polar surface area (TPSA) is 81.3 Å². The maximum Gasteiger partial charge on any atom is 0.320 e. The van der Waals surface area contributed by atoms with Crippen LogP contribution >= 0.6 is 0 Å². The quantitative estimate of drug-likeness (QED) is 0.603. The van der Waals surface area contributed by atoms with Crippen LogP contribution in [0.25, 0.3) is 0 Å². The molecule has 0 spiro atoms. The lowest BCUT2D eigenvalue weighted by Crippen LogP contribution is -2.48. The van der Waals surface area contributed by atoms with E-state index in [2.05, 4.69) is 5.10 Å². The van der Waals surface area contributed by atoms with Crippen LogP contribution in [0.15, 0.2) is 6.20 Å². The number of rotatable bonds is 2. The average Bonchev–Trinajstić information content (AvgIpc) is 2.70. The summed E-state index contributed by atoms with van der Waals surface area (Å²) in [6.07, 6.45) is 4.08. The number of aryl methyl sites for hydroxylation is 1. The molecule has 1 amide bonds. The van der Waals surface area contributed by atoms with Crippen molar-refractivity contribution in [3.63, 3.8) is 0 Å². The fraction of sp³-hybridized carbons (Fsp3) is 0.667. The third-order valence-corrected chi connectivity index (χ3v) is 3.75. The van der Waals surface area contributed by atoms with Gasteiger partial charge < -0.3 is 4.90 Å². The summed E-state index contributed by atoms with van der Waals surface area (Å²) in [5.74, 6) is -0.300. The normalized spacial score (nSPS) is 23.4. The summed E-state index contributed by atoms with van der Waals surface area (Å²) in [5, 5.41) is 14.8. The first kappa shape index (κ1) is 13.5. The van der Waals surface area contributed by atoms with Crippen LogP contribution < -0.4 is 0 Å². The first-order chi connectivity index (χ1) is 8.93. The average molecular weight is 266 g/mol. The zero-order chi connectivity index (χ0) is 14.2. The molecule has 0 bridgehead atoms. The molecule has 7 heteroatoms. The Kier molecular flexibility index (Phi) is 3.55. The lowest BCUT2D eigenvalue weighted by atomic mass is 9.97. The summed E-state index contributed by atoms with van der Waals surface area (Å²) in [6, 6.07) is 0.205. The Hall–Kier alpha value is -1.92. The van der Waals surface area contributed by atoms with Crippen molar-refractivity contribution < 1.29 is 9.72 Å². The number of amides is 1. The monoisotopic (exact) mass is 266 g/mol. The Balaban J connectivity index is 2.38. The van der Waals surface area contributed by atoms with Crippen LogP contribution in [-0.2, 0) is 7.05 Å². The number of likely N-dealkylation sites (tertiary alicyclic amines) is 1. The third kappa shape index (κ3) is 2.32. The molecule has 1 aliphatic rings. The van der Waals surface area contributed by atoms with Gasteiger partial charge in [0.1, 0.15) is 6.20 Å². The van der Waals surface area contributed by atoms with Crippen molar-refractivity contribution in [3.05, 3.63) is 22.0 Å². The van der Waals surface area contributed by atoms with Crippen LogP contribution in [0.5, 0.6) is 0 Å². The Morgan fingerprint density at radius 3 is 2.53 bits per heavy atom. The Bertz CT molecular complexity index is 501. The molecule has 2 unspecified atom stereocenters. The summed E-state index contributed by atoms with van der Waals surface area (Å²) in [5.41, 5.74) is -0.164. The van der Waals surface area contributed by atoms with E-state index < -0.39 is 4.92 Å². The van der Waals surface area contributed by atoms with E-state index in [1.807, 2.05) is 13.8 Å². The van der Waals surface area contributed by atoms with E-state index in [9.17, 15) is 14.9 Å². The van der Waals surface area contributed by atoms with E-state index in [1.165, 1.54) is 4.68 Å². The molecule has 1 fully saturated rings. The largest absolute Gasteiger partial charge is 0.332 e. The lowest BCUT2D eigenvalue weighted by Gasteiger charge is -2.38. The van der Waals surface area contributed by atoms with E-state index in [4.69, 9.17) is 0 Å². The summed E-state index contributed by atoms with van der Waals surface area (Å²) in [6.45, 7) is 3.96. The van der Waals surface area contributed by atoms with Crippen molar-refractivity contribution in [1.29, 1.82) is 0 Å². The molecular formula is C12H18N4O3. The fourth-order valence-corrected chi connectivity index (χ4v) is 2.75. The standard InChI is InChI=1S/C12H18N4O3/c1-8-5-4-6-9(2)15(8)12(17)11-10(16(18)19)7-13-14(11)3/h7-9H,4-6H2,1-3H3. The van der Waals surface area contributed by atoms with Crippen LogP contribution in [0.1, 0.15) is 43.6 Å². The van der Waals surface area contributed by atoms with Gasteiger partial charge in [0.15, 0.2) is 0 Å². The number of aromatic nitrogens is 2. The fourth-order valence-electron chi connectivity index (χ4n) is 2.75. The Morgan fingerprint density at radius 2 is 2.00 bits per heavy atom. The molecule has 0 aromatic carbocycles. The molecule has 0 radical (unpaired) electrons. The van der Waals surface area contributed by atoms with Crippen molar-refractivity contribution in [2.24, 2.45) is 7.05 Å². The van der Waals surface area contributed by atoms with Gasteiger partial charge in [-0.25, -0.2) is 0 Å². The van der Waals surface area contributed by atoms with Crippen LogP contribution in [0.4, 0.5) is 5.69 Å². The molecule has 1 aromatic rings. The molecule has 0 saturated carbocycles. The van der Waals surface area contributed by atoms with Gasteiger partial charge in [-0.05, 0) is 33.1 Å². The predicted octanol–water partition coefficient (Wildman–Crippen LogP) is 1.73. The highest BCUT2D eigenvalue weighted by molar-refractivity contribution is 5.96. The van der Waals surface area contributed by atoms with E-state index >= 15 is 0 Å². The minimum Gasteiger partial charge on any atom is -0.332 e. The minimum absolute atomic E-state index is 0.0607. The van der Waals surface area contributed by atoms with Gasteiger partial charge >= 0.3 is 5.69 Å². The molecule has 7 nitrogen and oxygen atoms in total. The number of nitrogens with zero attached hydrogens (tertiary/aromatic N) is 4. The Morgan fingerprint density at radius 1 is 1.42 bits per heavy atom. The van der Waals surface area contributed by atoms with Crippen LogP contribution in [0.2, 0.25) is 0 Å². The van der Waals surface area contributed by atoms with Crippen LogP contribution in [0, 0.1) is 10.1 Å². The number of nitro groups is 1. The molecule has 2 heterocycles. The molecule has 1 aliphatic heterocycles. The van der Waals surface area contributed by atoms with Gasteiger partial charge in [-0.3, -0.25) is 19.6 Å². The second-order valence-corrected chi connectivity index (χ2v) is 5.10. The molecule has 1 aromatic heterocycles. The first-order valence-corrected chi connectivity index (χ1v) is 6.42. The van der Waals surface area contributed by atoms with Gasteiger partial charge in [-0.1, -0.05) is 0 Å².